The molecule has 0 saturated heterocycles. The minimum absolute atomic E-state index is 0. The molecule has 0 heterocycles. The Morgan fingerprint density at radius 1 is 0.508 bits per heavy atom. The molecule has 0 bridgehead atoms. The van der Waals surface area contributed by atoms with Gasteiger partial charge in [0.05, 0.1) is 9.79 Å². The molecule has 0 radical (unpaired) electrons. The Bertz CT molecular complexity index is 1910. The molecular weight excluding hydrogens is 841 g/mol. The Morgan fingerprint density at radius 2 is 0.902 bits per heavy atom. The van der Waals surface area contributed by atoms with E-state index in [1.807, 2.05) is 12.1 Å². The molecule has 0 aliphatic carbocycles. The smallest absolute Gasteiger partial charge is 0.870 e. The van der Waals surface area contributed by atoms with Crippen LogP contribution in [-0.4, -0.2) is 68.8 Å². The third-order valence-electron chi connectivity index (χ3n) is 10.3. The van der Waals surface area contributed by atoms with Crippen LogP contribution >= 0.6 is 0 Å². The summed E-state index contributed by atoms with van der Waals surface area (Å²) in [5.74, 6) is 0.484. The van der Waals surface area contributed by atoms with Gasteiger partial charge >= 0.3 is 37.7 Å². The van der Waals surface area contributed by atoms with Crippen LogP contribution < -0.4 is 14.6 Å². The van der Waals surface area contributed by atoms with Gasteiger partial charge in [0, 0.05) is 6.07 Å². The molecule has 0 saturated carbocycles. The molecule has 332 valence electrons. The summed E-state index contributed by atoms with van der Waals surface area (Å²) < 4.78 is 76.0. The van der Waals surface area contributed by atoms with Crippen LogP contribution in [0.3, 0.4) is 0 Å². The summed E-state index contributed by atoms with van der Waals surface area (Å²) in [6, 6.07) is 21.1. The molecule has 0 atom stereocenters. The number of hydrogen-bond donors (Lipinski definition) is 2. The Morgan fingerprint density at radius 3 is 1.33 bits per heavy atom. The van der Waals surface area contributed by atoms with Crippen molar-refractivity contribution in [3.05, 3.63) is 96.1 Å². The first-order valence-corrected chi connectivity index (χ1v) is 24.8. The van der Waals surface area contributed by atoms with Crippen molar-refractivity contribution in [3.8, 4) is 34.5 Å². The average Bonchev–Trinajstić information content (AvgIpc) is 3.21. The van der Waals surface area contributed by atoms with Crippen molar-refractivity contribution in [2.75, 3.05) is 0 Å². The van der Waals surface area contributed by atoms with E-state index in [2.05, 4.69) is 13.8 Å². The number of phenols is 1. The molecule has 0 aliphatic rings. The van der Waals surface area contributed by atoms with Gasteiger partial charge in [0.1, 0.15) is 27.4 Å². The van der Waals surface area contributed by atoms with Gasteiger partial charge in [-0.1, -0.05) is 166 Å². The third-order valence-corrected chi connectivity index (χ3v) is 12.0. The van der Waals surface area contributed by atoms with Crippen LogP contribution in [-0.2, 0) is 33.1 Å². The van der Waals surface area contributed by atoms with Gasteiger partial charge in [-0.25, -0.2) is 8.42 Å². The van der Waals surface area contributed by atoms with Gasteiger partial charge in [-0.05, 0) is 85.3 Å². The number of rotatable bonds is 28. The van der Waals surface area contributed by atoms with Gasteiger partial charge in [-0.2, -0.15) is 8.42 Å². The quantitative estimate of drug-likeness (QED) is 0.0317. The van der Waals surface area contributed by atoms with Gasteiger partial charge < -0.3 is 24.2 Å². The molecule has 10 nitrogen and oxygen atoms in total. The molecule has 0 amide bonds. The molecule has 0 spiro atoms. The van der Waals surface area contributed by atoms with E-state index < -0.39 is 20.2 Å². The second kappa shape index (κ2) is 30.3. The van der Waals surface area contributed by atoms with E-state index in [4.69, 9.17) is 14.0 Å². The SMILES string of the molecule is CCCCCCCCCCCCc1ccc(Oc2cccc(S(=O)(=O)O)c2)c(O)c1.CCCCCCCCCCCCc1ccc(Oc2cccc(S(=O)(=O)[O-])c2)c([O-])c1.[Ca+2]. The summed E-state index contributed by atoms with van der Waals surface area (Å²) in [6.45, 7) is 4.48. The van der Waals surface area contributed by atoms with Gasteiger partial charge in [0.15, 0.2) is 11.5 Å². The van der Waals surface area contributed by atoms with Crippen molar-refractivity contribution in [1.82, 2.24) is 0 Å². The predicted octanol–water partition coefficient (Wildman–Crippen LogP) is 12.4. The summed E-state index contributed by atoms with van der Waals surface area (Å²) in [7, 11) is -8.87. The van der Waals surface area contributed by atoms with Crippen LogP contribution in [0.2, 0.25) is 0 Å². The van der Waals surface area contributed by atoms with Crippen molar-refractivity contribution >= 4 is 58.0 Å². The summed E-state index contributed by atoms with van der Waals surface area (Å²) >= 11 is 0. The van der Waals surface area contributed by atoms with Crippen LogP contribution in [0, 0.1) is 0 Å². The standard InChI is InChI=1S/2C24H34O5S.Ca/c2*1-2-3-4-5-6-7-8-9-10-11-13-20-16-17-24(23(25)18-20)29-21-14-12-15-22(19-21)30(26,27)28;/h2*12,14-19,25H,2-11,13H2,1H3,(H,26,27,28);/q;;+2/p-2. The zero-order chi connectivity index (χ0) is 43.6. The van der Waals surface area contributed by atoms with Gasteiger partial charge in [-0.3, -0.25) is 4.55 Å². The molecule has 4 rings (SSSR count). The Labute approximate surface area is 396 Å². The van der Waals surface area contributed by atoms with Crippen molar-refractivity contribution < 1.29 is 45.6 Å². The number of aromatic hydroxyl groups is 1. The van der Waals surface area contributed by atoms with E-state index in [0.29, 0.717) is 0 Å². The number of unbranched alkanes of at least 4 members (excludes halogenated alkanes) is 18. The first-order chi connectivity index (χ1) is 28.8. The zero-order valence-electron chi connectivity index (χ0n) is 36.3. The molecule has 4 aromatic carbocycles. The fourth-order valence-corrected chi connectivity index (χ4v) is 7.90. The van der Waals surface area contributed by atoms with E-state index >= 15 is 0 Å². The Balaban J connectivity index is 0.000000413. The van der Waals surface area contributed by atoms with Crippen molar-refractivity contribution in [3.63, 3.8) is 0 Å². The fraction of sp³-hybridized carbons (Fsp3) is 0.500. The molecule has 61 heavy (non-hydrogen) atoms. The van der Waals surface area contributed by atoms with Crippen LogP contribution in [0.1, 0.15) is 153 Å². The Hall–Kier alpha value is -2.84. The number of phenolic OH excluding ortho intramolecular Hbond substituents is 1. The molecular formula is C48H66CaO10S2. The molecule has 0 fully saturated rings. The molecule has 0 unspecified atom stereocenters. The van der Waals surface area contributed by atoms with E-state index in [9.17, 15) is 31.6 Å². The summed E-state index contributed by atoms with van der Waals surface area (Å²) in [6.07, 6.45) is 27.4. The summed E-state index contributed by atoms with van der Waals surface area (Å²) in [4.78, 5) is -0.637. The van der Waals surface area contributed by atoms with Gasteiger partial charge in [0.2, 0.25) is 0 Å². The predicted molar refractivity (Wildman–Crippen MR) is 242 cm³/mol. The number of hydrogen-bond acceptors (Lipinski definition) is 9. The van der Waals surface area contributed by atoms with E-state index in [1.54, 1.807) is 30.3 Å². The minimum Gasteiger partial charge on any atom is -0.870 e. The number of aryl methyl sites for hydroxylation is 2. The second-order valence-corrected chi connectivity index (χ2v) is 18.3. The Kier molecular flexibility index (Phi) is 27.0. The van der Waals surface area contributed by atoms with Crippen molar-refractivity contribution in [2.24, 2.45) is 0 Å². The maximum Gasteiger partial charge on any atom is 2.00 e. The summed E-state index contributed by atoms with van der Waals surface area (Å²) in [5, 5.41) is 22.6. The van der Waals surface area contributed by atoms with E-state index in [1.165, 1.54) is 146 Å². The zero-order valence-corrected chi connectivity index (χ0v) is 40.2. The van der Waals surface area contributed by atoms with Crippen LogP contribution in [0.25, 0.3) is 0 Å². The van der Waals surface area contributed by atoms with E-state index in [-0.39, 0.29) is 82.0 Å². The molecule has 0 aromatic heterocycles. The van der Waals surface area contributed by atoms with Crippen LogP contribution in [0.5, 0.6) is 34.5 Å². The van der Waals surface area contributed by atoms with E-state index in [0.717, 1.165) is 49.3 Å². The topological polar surface area (TPSA) is 173 Å². The number of benzene rings is 4. The maximum atomic E-state index is 12.3. The van der Waals surface area contributed by atoms with Crippen LogP contribution in [0.4, 0.5) is 0 Å². The molecule has 4 aromatic rings. The number of ether oxygens (including phenoxy) is 2. The monoisotopic (exact) mass is 906 g/mol. The second-order valence-electron chi connectivity index (χ2n) is 15.5. The molecule has 2 N–H and O–H groups in total. The first-order valence-electron chi connectivity index (χ1n) is 21.9. The van der Waals surface area contributed by atoms with Gasteiger partial charge in [0.25, 0.3) is 10.1 Å². The molecule has 0 aliphatic heterocycles. The minimum atomic E-state index is -4.57. The van der Waals surface area contributed by atoms with Gasteiger partial charge in [-0.15, -0.1) is 0 Å². The van der Waals surface area contributed by atoms with Crippen molar-refractivity contribution in [1.29, 1.82) is 0 Å². The maximum absolute atomic E-state index is 12.3. The van der Waals surface area contributed by atoms with Crippen LogP contribution in [0.15, 0.2) is 94.7 Å². The van der Waals surface area contributed by atoms with Crippen molar-refractivity contribution in [2.45, 2.75) is 165 Å². The molecule has 13 heteroatoms. The fourth-order valence-electron chi connectivity index (χ4n) is 6.88. The summed E-state index contributed by atoms with van der Waals surface area (Å²) in [5.41, 5.74) is 2.02. The third kappa shape index (κ3) is 22.9. The largest absolute Gasteiger partial charge is 2.00 e. The average molecular weight is 907 g/mol. The first kappa shape index (κ1) is 54.3. The normalized spacial score (nSPS) is 11.3.